The van der Waals surface area contributed by atoms with Crippen molar-refractivity contribution in [2.45, 2.75) is 12.3 Å². The first-order chi connectivity index (χ1) is 8.37. The Kier molecular flexibility index (Phi) is 3.63. The number of hydrogen-bond acceptors (Lipinski definition) is 3. The Morgan fingerprint density at radius 1 is 1.44 bits per heavy atom. The van der Waals surface area contributed by atoms with E-state index in [1.807, 2.05) is 0 Å². The van der Waals surface area contributed by atoms with E-state index in [1.165, 1.54) is 6.07 Å². The van der Waals surface area contributed by atoms with Crippen LogP contribution in [0, 0.1) is 0 Å². The van der Waals surface area contributed by atoms with Gasteiger partial charge in [-0.15, -0.1) is 0 Å². The zero-order valence-electron chi connectivity index (χ0n) is 8.96. The average molecular weight is 325 g/mol. The van der Waals surface area contributed by atoms with E-state index >= 15 is 0 Å². The molecule has 3 nitrogen and oxygen atoms in total. The van der Waals surface area contributed by atoms with Crippen LogP contribution in [0.5, 0.6) is 0 Å². The molecule has 98 valence electrons. The Balaban J connectivity index is 2.21. The monoisotopic (exact) mass is 324 g/mol. The zero-order chi connectivity index (χ0) is 13.3. The lowest BCUT2D eigenvalue weighted by atomic mass is 10.0. The number of carbonyl (C=O) groups excluding carboxylic acids is 1. The van der Waals surface area contributed by atoms with Crippen molar-refractivity contribution in [2.24, 2.45) is 0 Å². The number of esters is 1. The molecule has 1 aliphatic rings. The molecular formula is C11H8BrF3O3. The maximum atomic E-state index is 12.1. The summed E-state index contributed by atoms with van der Waals surface area (Å²) >= 11 is 3.18. The lowest BCUT2D eigenvalue weighted by molar-refractivity contribution is -0.190. The summed E-state index contributed by atoms with van der Waals surface area (Å²) in [6, 6.07) is 4.70. The molecule has 2 rings (SSSR count). The van der Waals surface area contributed by atoms with E-state index in [1.54, 1.807) is 12.1 Å². The quantitative estimate of drug-likeness (QED) is 0.783. The number of halogens is 4. The number of carbonyl (C=O) groups is 1. The van der Waals surface area contributed by atoms with E-state index in [0.29, 0.717) is 10.0 Å². The number of alkyl halides is 3. The number of cyclic esters (lactones) is 1. The summed E-state index contributed by atoms with van der Waals surface area (Å²) in [5.41, 5.74) is 0.640. The van der Waals surface area contributed by atoms with Crippen molar-refractivity contribution >= 4 is 21.9 Å². The molecule has 0 N–H and O–H groups in total. The van der Waals surface area contributed by atoms with E-state index in [2.05, 4.69) is 15.9 Å². The van der Waals surface area contributed by atoms with Gasteiger partial charge in [0.2, 0.25) is 0 Å². The summed E-state index contributed by atoms with van der Waals surface area (Å²) in [7, 11) is 0. The van der Waals surface area contributed by atoms with Gasteiger partial charge in [-0.2, -0.15) is 13.2 Å². The zero-order valence-corrected chi connectivity index (χ0v) is 10.5. The van der Waals surface area contributed by atoms with Gasteiger partial charge in [-0.05, 0) is 17.7 Å². The summed E-state index contributed by atoms with van der Waals surface area (Å²) in [5, 5.41) is 0. The fraction of sp³-hybridized carbons (Fsp3) is 0.364. The molecule has 0 saturated heterocycles. The molecule has 0 aromatic heterocycles. The minimum absolute atomic E-state index is 0.205. The summed E-state index contributed by atoms with van der Waals surface area (Å²) in [4.78, 5) is 11.5. The lowest BCUT2D eigenvalue weighted by Crippen LogP contribution is -2.27. The van der Waals surface area contributed by atoms with Crippen LogP contribution in [-0.2, 0) is 9.47 Å². The van der Waals surface area contributed by atoms with Crippen LogP contribution in [-0.4, -0.2) is 25.4 Å². The first-order valence-corrected chi connectivity index (χ1v) is 5.81. The van der Waals surface area contributed by atoms with Crippen LogP contribution in [0.1, 0.15) is 22.0 Å². The van der Waals surface area contributed by atoms with Crippen LogP contribution >= 0.6 is 15.9 Å². The average Bonchev–Trinajstić information content (AvgIpc) is 2.27. The highest BCUT2D eigenvalue weighted by Gasteiger charge is 2.33. The van der Waals surface area contributed by atoms with Crippen molar-refractivity contribution in [2.75, 3.05) is 13.2 Å². The largest absolute Gasteiger partial charge is 0.459 e. The van der Waals surface area contributed by atoms with Crippen LogP contribution < -0.4 is 0 Å². The molecule has 1 atom stereocenters. The van der Waals surface area contributed by atoms with Gasteiger partial charge in [0.05, 0.1) is 5.56 Å². The maximum absolute atomic E-state index is 12.1. The number of rotatable bonds is 2. The third-order valence-electron chi connectivity index (χ3n) is 2.40. The Hall–Kier alpha value is -1.08. The highest BCUT2D eigenvalue weighted by atomic mass is 79.9. The van der Waals surface area contributed by atoms with Gasteiger partial charge in [0.1, 0.15) is 19.3 Å². The van der Waals surface area contributed by atoms with E-state index in [-0.39, 0.29) is 12.2 Å². The molecule has 0 bridgehead atoms. The SMILES string of the molecule is O=C1OCC(OCC(F)(F)F)c2ccc(Br)cc21. The first kappa shape index (κ1) is 13.4. The summed E-state index contributed by atoms with van der Waals surface area (Å²) in [5.74, 6) is -0.557. The van der Waals surface area contributed by atoms with Gasteiger partial charge < -0.3 is 9.47 Å². The minimum Gasteiger partial charge on any atom is -0.459 e. The molecule has 1 heterocycles. The van der Waals surface area contributed by atoms with Gasteiger partial charge in [0.15, 0.2) is 0 Å². The van der Waals surface area contributed by atoms with Gasteiger partial charge in [-0.25, -0.2) is 4.79 Å². The van der Waals surface area contributed by atoms with E-state index in [9.17, 15) is 18.0 Å². The van der Waals surface area contributed by atoms with Gasteiger partial charge >= 0.3 is 12.1 Å². The summed E-state index contributed by atoms with van der Waals surface area (Å²) < 4.78 is 46.4. The van der Waals surface area contributed by atoms with Crippen molar-refractivity contribution in [3.8, 4) is 0 Å². The van der Waals surface area contributed by atoms with Crippen molar-refractivity contribution in [1.82, 2.24) is 0 Å². The molecule has 1 aromatic rings. The van der Waals surface area contributed by atoms with Crippen molar-refractivity contribution < 1.29 is 27.4 Å². The summed E-state index contributed by atoms with van der Waals surface area (Å²) in [6.07, 6.45) is -5.29. The fourth-order valence-electron chi connectivity index (χ4n) is 1.64. The standard InChI is InChI=1S/C11H8BrF3O3/c12-6-1-2-7-8(3-6)10(16)17-4-9(7)18-5-11(13,14)15/h1-3,9H,4-5H2. The second kappa shape index (κ2) is 4.89. The first-order valence-electron chi connectivity index (χ1n) is 5.02. The minimum atomic E-state index is -4.41. The van der Waals surface area contributed by atoms with Crippen LogP contribution in [0.3, 0.4) is 0 Å². The van der Waals surface area contributed by atoms with Crippen molar-refractivity contribution in [3.05, 3.63) is 33.8 Å². The molecule has 0 fully saturated rings. The third kappa shape index (κ3) is 3.02. The highest BCUT2D eigenvalue weighted by Crippen LogP contribution is 2.31. The molecule has 0 saturated carbocycles. The summed E-state index contributed by atoms with van der Waals surface area (Å²) in [6.45, 7) is -1.58. The second-order valence-electron chi connectivity index (χ2n) is 3.74. The maximum Gasteiger partial charge on any atom is 0.411 e. The Bertz CT molecular complexity index is 473. The fourth-order valence-corrected chi connectivity index (χ4v) is 2.00. The van der Waals surface area contributed by atoms with Gasteiger partial charge in [0, 0.05) is 4.47 Å². The van der Waals surface area contributed by atoms with Gasteiger partial charge in [-0.1, -0.05) is 22.0 Å². The molecule has 1 aromatic carbocycles. The third-order valence-corrected chi connectivity index (χ3v) is 2.89. The molecule has 0 amide bonds. The second-order valence-corrected chi connectivity index (χ2v) is 4.66. The van der Waals surface area contributed by atoms with Crippen molar-refractivity contribution in [3.63, 3.8) is 0 Å². The predicted octanol–water partition coefficient (Wildman–Crippen LogP) is 3.24. The highest BCUT2D eigenvalue weighted by molar-refractivity contribution is 9.10. The smallest absolute Gasteiger partial charge is 0.411 e. The molecule has 1 unspecified atom stereocenters. The Labute approximate surface area is 109 Å². The van der Waals surface area contributed by atoms with Crippen LogP contribution in [0.4, 0.5) is 13.2 Å². The molecule has 1 aliphatic heterocycles. The predicted molar refractivity (Wildman–Crippen MR) is 59.2 cm³/mol. The van der Waals surface area contributed by atoms with Crippen molar-refractivity contribution in [1.29, 1.82) is 0 Å². The number of benzene rings is 1. The Morgan fingerprint density at radius 2 is 2.17 bits per heavy atom. The Morgan fingerprint density at radius 3 is 2.83 bits per heavy atom. The lowest BCUT2D eigenvalue weighted by Gasteiger charge is -2.25. The van der Waals surface area contributed by atoms with Gasteiger partial charge in [-0.3, -0.25) is 0 Å². The van der Waals surface area contributed by atoms with Crippen LogP contribution in [0.25, 0.3) is 0 Å². The molecular weight excluding hydrogens is 317 g/mol. The topological polar surface area (TPSA) is 35.5 Å². The molecule has 0 radical (unpaired) electrons. The normalized spacial score (nSPS) is 19.3. The molecule has 7 heteroatoms. The van der Waals surface area contributed by atoms with Crippen LogP contribution in [0.2, 0.25) is 0 Å². The van der Waals surface area contributed by atoms with E-state index < -0.39 is 24.9 Å². The van der Waals surface area contributed by atoms with E-state index in [4.69, 9.17) is 9.47 Å². The van der Waals surface area contributed by atoms with Gasteiger partial charge in [0.25, 0.3) is 0 Å². The number of ether oxygens (including phenoxy) is 2. The number of hydrogen-bond donors (Lipinski definition) is 0. The molecule has 0 spiro atoms. The van der Waals surface area contributed by atoms with E-state index in [0.717, 1.165) is 0 Å². The van der Waals surface area contributed by atoms with Crippen LogP contribution in [0.15, 0.2) is 22.7 Å². The number of fused-ring (bicyclic) bond motifs is 1. The molecule has 0 aliphatic carbocycles. The molecule has 18 heavy (non-hydrogen) atoms.